The third kappa shape index (κ3) is 3.58. The Bertz CT molecular complexity index is 554. The van der Waals surface area contributed by atoms with Crippen LogP contribution in [0.2, 0.25) is 0 Å². The van der Waals surface area contributed by atoms with Crippen molar-refractivity contribution in [1.82, 2.24) is 5.32 Å². The minimum Gasteiger partial charge on any atom is -0.497 e. The standard InChI is InChI=1S/C16H18BrNO/c1-3-18-11-13-10-15(19-2)7-8-16(13)12-5-4-6-14(17)9-12/h4-10,18H,3,11H2,1-2H3. The van der Waals surface area contributed by atoms with E-state index in [4.69, 9.17) is 4.74 Å². The van der Waals surface area contributed by atoms with Gasteiger partial charge < -0.3 is 10.1 Å². The molecule has 0 atom stereocenters. The van der Waals surface area contributed by atoms with Gasteiger partial charge in [0.15, 0.2) is 0 Å². The molecule has 2 nitrogen and oxygen atoms in total. The Balaban J connectivity index is 2.43. The van der Waals surface area contributed by atoms with E-state index in [1.54, 1.807) is 7.11 Å². The molecule has 19 heavy (non-hydrogen) atoms. The predicted molar refractivity (Wildman–Crippen MR) is 83.5 cm³/mol. The average Bonchev–Trinajstić information content (AvgIpc) is 2.44. The lowest BCUT2D eigenvalue weighted by atomic mass is 9.99. The fourth-order valence-electron chi connectivity index (χ4n) is 2.04. The van der Waals surface area contributed by atoms with E-state index in [9.17, 15) is 0 Å². The third-order valence-corrected chi connectivity index (χ3v) is 3.51. The first-order valence-corrected chi connectivity index (χ1v) is 7.17. The van der Waals surface area contributed by atoms with Crippen molar-refractivity contribution < 1.29 is 4.74 Å². The average molecular weight is 320 g/mol. The van der Waals surface area contributed by atoms with E-state index in [-0.39, 0.29) is 0 Å². The molecule has 0 saturated carbocycles. The second-order valence-electron chi connectivity index (χ2n) is 4.31. The topological polar surface area (TPSA) is 21.3 Å². The SMILES string of the molecule is CCNCc1cc(OC)ccc1-c1cccc(Br)c1. The molecule has 0 amide bonds. The molecule has 0 heterocycles. The highest BCUT2D eigenvalue weighted by Gasteiger charge is 2.07. The highest BCUT2D eigenvalue weighted by molar-refractivity contribution is 9.10. The summed E-state index contributed by atoms with van der Waals surface area (Å²) in [4.78, 5) is 0. The van der Waals surface area contributed by atoms with Crippen molar-refractivity contribution in [2.24, 2.45) is 0 Å². The minimum absolute atomic E-state index is 0.843. The van der Waals surface area contributed by atoms with E-state index >= 15 is 0 Å². The molecular formula is C16H18BrNO. The first kappa shape index (κ1) is 14.1. The van der Waals surface area contributed by atoms with Crippen LogP contribution < -0.4 is 10.1 Å². The summed E-state index contributed by atoms with van der Waals surface area (Å²) in [5.41, 5.74) is 3.70. The van der Waals surface area contributed by atoms with Crippen molar-refractivity contribution in [3.05, 3.63) is 52.5 Å². The fraction of sp³-hybridized carbons (Fsp3) is 0.250. The van der Waals surface area contributed by atoms with Crippen LogP contribution in [-0.2, 0) is 6.54 Å². The third-order valence-electron chi connectivity index (χ3n) is 3.01. The maximum Gasteiger partial charge on any atom is 0.119 e. The summed E-state index contributed by atoms with van der Waals surface area (Å²) in [7, 11) is 1.70. The Morgan fingerprint density at radius 3 is 2.68 bits per heavy atom. The van der Waals surface area contributed by atoms with Crippen LogP contribution in [0.3, 0.4) is 0 Å². The highest BCUT2D eigenvalue weighted by atomic mass is 79.9. The van der Waals surface area contributed by atoms with E-state index in [1.165, 1.54) is 16.7 Å². The van der Waals surface area contributed by atoms with Gasteiger partial charge in [0.1, 0.15) is 5.75 Å². The van der Waals surface area contributed by atoms with Crippen molar-refractivity contribution in [3.8, 4) is 16.9 Å². The van der Waals surface area contributed by atoms with Crippen LogP contribution in [0.4, 0.5) is 0 Å². The summed E-state index contributed by atoms with van der Waals surface area (Å²) in [5, 5.41) is 3.37. The van der Waals surface area contributed by atoms with Crippen LogP contribution in [0, 0.1) is 0 Å². The molecule has 100 valence electrons. The first-order chi connectivity index (χ1) is 9.24. The number of methoxy groups -OCH3 is 1. The van der Waals surface area contributed by atoms with Crippen molar-refractivity contribution in [3.63, 3.8) is 0 Å². The van der Waals surface area contributed by atoms with E-state index in [0.717, 1.165) is 23.3 Å². The van der Waals surface area contributed by atoms with Gasteiger partial charge in [-0.3, -0.25) is 0 Å². The van der Waals surface area contributed by atoms with Gasteiger partial charge in [0, 0.05) is 11.0 Å². The smallest absolute Gasteiger partial charge is 0.119 e. The van der Waals surface area contributed by atoms with Gasteiger partial charge >= 0.3 is 0 Å². The lowest BCUT2D eigenvalue weighted by molar-refractivity contribution is 0.414. The van der Waals surface area contributed by atoms with E-state index in [1.807, 2.05) is 12.1 Å². The van der Waals surface area contributed by atoms with Gasteiger partial charge in [0.25, 0.3) is 0 Å². The van der Waals surface area contributed by atoms with Crippen LogP contribution in [0.1, 0.15) is 12.5 Å². The molecule has 0 saturated heterocycles. The minimum atomic E-state index is 0.843. The Kier molecular flexibility index (Phi) is 5.00. The van der Waals surface area contributed by atoms with Gasteiger partial charge in [0.05, 0.1) is 7.11 Å². The Morgan fingerprint density at radius 1 is 1.16 bits per heavy atom. The van der Waals surface area contributed by atoms with Crippen LogP contribution in [0.25, 0.3) is 11.1 Å². The first-order valence-electron chi connectivity index (χ1n) is 6.38. The van der Waals surface area contributed by atoms with Gasteiger partial charge in [-0.2, -0.15) is 0 Å². The van der Waals surface area contributed by atoms with Gasteiger partial charge in [-0.25, -0.2) is 0 Å². The molecular weight excluding hydrogens is 302 g/mol. The maximum atomic E-state index is 5.31. The number of hydrogen-bond acceptors (Lipinski definition) is 2. The zero-order valence-corrected chi connectivity index (χ0v) is 12.8. The van der Waals surface area contributed by atoms with E-state index < -0.39 is 0 Å². The lowest BCUT2D eigenvalue weighted by Crippen LogP contribution is -2.12. The van der Waals surface area contributed by atoms with Crippen molar-refractivity contribution >= 4 is 15.9 Å². The van der Waals surface area contributed by atoms with Gasteiger partial charge in [-0.1, -0.05) is 41.1 Å². The normalized spacial score (nSPS) is 10.5. The molecule has 0 unspecified atom stereocenters. The molecule has 0 aliphatic heterocycles. The number of rotatable bonds is 5. The summed E-state index contributed by atoms with van der Waals surface area (Å²) in [6.07, 6.45) is 0. The van der Waals surface area contributed by atoms with Crippen molar-refractivity contribution in [2.45, 2.75) is 13.5 Å². The molecule has 2 rings (SSSR count). The highest BCUT2D eigenvalue weighted by Crippen LogP contribution is 2.29. The maximum absolute atomic E-state index is 5.31. The number of hydrogen-bond donors (Lipinski definition) is 1. The monoisotopic (exact) mass is 319 g/mol. The van der Waals surface area contributed by atoms with E-state index in [2.05, 4.69) is 58.5 Å². The molecule has 0 aliphatic carbocycles. The van der Waals surface area contributed by atoms with Crippen LogP contribution in [-0.4, -0.2) is 13.7 Å². The van der Waals surface area contributed by atoms with Crippen LogP contribution >= 0.6 is 15.9 Å². The number of ether oxygens (including phenoxy) is 1. The zero-order chi connectivity index (χ0) is 13.7. The summed E-state index contributed by atoms with van der Waals surface area (Å²) < 4.78 is 6.41. The second kappa shape index (κ2) is 6.73. The molecule has 0 fully saturated rings. The zero-order valence-electron chi connectivity index (χ0n) is 11.2. The van der Waals surface area contributed by atoms with Crippen molar-refractivity contribution in [2.75, 3.05) is 13.7 Å². The lowest BCUT2D eigenvalue weighted by Gasteiger charge is -2.12. The van der Waals surface area contributed by atoms with Gasteiger partial charge in [0.2, 0.25) is 0 Å². The molecule has 0 bridgehead atoms. The molecule has 2 aromatic rings. The quantitative estimate of drug-likeness (QED) is 0.890. The van der Waals surface area contributed by atoms with Gasteiger partial charge in [-0.05, 0) is 47.5 Å². The predicted octanol–water partition coefficient (Wildman–Crippen LogP) is 4.23. The fourth-order valence-corrected chi connectivity index (χ4v) is 2.44. The molecule has 0 spiro atoms. The Labute approximate surface area is 122 Å². The molecule has 0 aliphatic rings. The molecule has 0 aromatic heterocycles. The molecule has 1 N–H and O–H groups in total. The number of benzene rings is 2. The number of halogens is 1. The van der Waals surface area contributed by atoms with Crippen LogP contribution in [0.15, 0.2) is 46.9 Å². The molecule has 3 heteroatoms. The second-order valence-corrected chi connectivity index (χ2v) is 5.23. The van der Waals surface area contributed by atoms with Gasteiger partial charge in [-0.15, -0.1) is 0 Å². The Hall–Kier alpha value is -1.32. The summed E-state index contributed by atoms with van der Waals surface area (Å²) in [5.74, 6) is 0.895. The van der Waals surface area contributed by atoms with Crippen LogP contribution in [0.5, 0.6) is 5.75 Å². The van der Waals surface area contributed by atoms with E-state index in [0.29, 0.717) is 0 Å². The largest absolute Gasteiger partial charge is 0.497 e. The summed E-state index contributed by atoms with van der Waals surface area (Å²) in [6, 6.07) is 14.6. The Morgan fingerprint density at radius 2 is 2.00 bits per heavy atom. The molecule has 2 aromatic carbocycles. The summed E-state index contributed by atoms with van der Waals surface area (Å²) >= 11 is 3.52. The van der Waals surface area contributed by atoms with Crippen molar-refractivity contribution in [1.29, 1.82) is 0 Å². The molecule has 0 radical (unpaired) electrons. The summed E-state index contributed by atoms with van der Waals surface area (Å²) in [6.45, 7) is 3.91. The number of nitrogens with one attached hydrogen (secondary N) is 1.